The second-order valence-corrected chi connectivity index (χ2v) is 5.55. The van der Waals surface area contributed by atoms with E-state index in [0.29, 0.717) is 13.2 Å². The van der Waals surface area contributed by atoms with Crippen molar-refractivity contribution in [2.45, 2.75) is 39.7 Å². The Bertz CT molecular complexity index is 486. The summed E-state index contributed by atoms with van der Waals surface area (Å²) in [5.74, 6) is 0.110. The quantitative estimate of drug-likeness (QED) is 0.906. The molecule has 1 aromatic carbocycles. The summed E-state index contributed by atoms with van der Waals surface area (Å²) in [6.07, 6.45) is 2.24. The highest BCUT2D eigenvalue weighted by Gasteiger charge is 2.26. The van der Waals surface area contributed by atoms with Gasteiger partial charge in [-0.1, -0.05) is 11.6 Å². The maximum absolute atomic E-state index is 12.8. The van der Waals surface area contributed by atoms with Gasteiger partial charge in [0.25, 0.3) is 5.91 Å². The molecule has 1 unspecified atom stereocenters. The van der Waals surface area contributed by atoms with Crippen LogP contribution in [0.15, 0.2) is 18.2 Å². The lowest BCUT2D eigenvalue weighted by Crippen LogP contribution is -2.43. The Labute approximate surface area is 127 Å². The molecular weight excluding hydrogens is 264 g/mol. The minimum Gasteiger partial charge on any atom is -0.385 e. The maximum atomic E-state index is 12.8. The van der Waals surface area contributed by atoms with Crippen molar-refractivity contribution < 1.29 is 9.53 Å². The number of hydrogen-bond donors (Lipinski definition) is 1. The predicted molar refractivity (Wildman–Crippen MR) is 85.9 cm³/mol. The normalized spacial score (nSPS) is 18.6. The van der Waals surface area contributed by atoms with Crippen LogP contribution in [0.4, 0.5) is 5.69 Å². The highest BCUT2D eigenvalue weighted by Crippen LogP contribution is 2.22. The van der Waals surface area contributed by atoms with Crippen LogP contribution in [0.25, 0.3) is 0 Å². The van der Waals surface area contributed by atoms with Crippen molar-refractivity contribution in [3.05, 3.63) is 29.3 Å². The first kappa shape index (κ1) is 15.8. The molecule has 0 bridgehead atoms. The summed E-state index contributed by atoms with van der Waals surface area (Å²) < 4.78 is 5.69. The molecule has 1 heterocycles. The zero-order chi connectivity index (χ0) is 15.2. The van der Waals surface area contributed by atoms with E-state index >= 15 is 0 Å². The van der Waals surface area contributed by atoms with E-state index in [0.717, 1.165) is 42.7 Å². The van der Waals surface area contributed by atoms with Crippen LogP contribution in [0, 0.1) is 6.92 Å². The number of carbonyl (C=O) groups is 1. The standard InChI is InChI=1S/C17H26N2O2/c1-4-18-16-9-8-13(3)11-15(16)17(20)19-10-6-7-14(12-19)21-5-2/h8-9,11,14,18H,4-7,10,12H2,1-3H3. The minimum atomic E-state index is 0.110. The number of benzene rings is 1. The van der Waals surface area contributed by atoms with Crippen LogP contribution in [0.1, 0.15) is 42.6 Å². The molecule has 116 valence electrons. The largest absolute Gasteiger partial charge is 0.385 e. The van der Waals surface area contributed by atoms with Crippen LogP contribution in [-0.4, -0.2) is 43.2 Å². The molecule has 21 heavy (non-hydrogen) atoms. The van der Waals surface area contributed by atoms with Crippen molar-refractivity contribution in [2.24, 2.45) is 0 Å². The van der Waals surface area contributed by atoms with E-state index in [2.05, 4.69) is 5.32 Å². The lowest BCUT2D eigenvalue weighted by molar-refractivity contribution is 0.00727. The first-order chi connectivity index (χ1) is 10.2. The second-order valence-electron chi connectivity index (χ2n) is 5.55. The number of likely N-dealkylation sites (tertiary alicyclic amines) is 1. The molecule has 1 aliphatic heterocycles. The van der Waals surface area contributed by atoms with E-state index in [-0.39, 0.29) is 12.0 Å². The fourth-order valence-corrected chi connectivity index (χ4v) is 2.84. The number of nitrogens with one attached hydrogen (secondary N) is 1. The highest BCUT2D eigenvalue weighted by atomic mass is 16.5. The Morgan fingerprint density at radius 3 is 2.95 bits per heavy atom. The second kappa shape index (κ2) is 7.46. The Balaban J connectivity index is 2.16. The number of ether oxygens (including phenoxy) is 1. The minimum absolute atomic E-state index is 0.110. The molecule has 0 aliphatic carbocycles. The zero-order valence-corrected chi connectivity index (χ0v) is 13.3. The molecule has 1 atom stereocenters. The van der Waals surface area contributed by atoms with E-state index < -0.39 is 0 Å². The van der Waals surface area contributed by atoms with Gasteiger partial charge in [0, 0.05) is 31.9 Å². The topological polar surface area (TPSA) is 41.6 Å². The zero-order valence-electron chi connectivity index (χ0n) is 13.3. The molecule has 0 saturated carbocycles. The van der Waals surface area contributed by atoms with E-state index in [9.17, 15) is 4.79 Å². The van der Waals surface area contributed by atoms with Gasteiger partial charge in [0.2, 0.25) is 0 Å². The highest BCUT2D eigenvalue weighted by molar-refractivity contribution is 6.00. The molecule has 1 aromatic rings. The Morgan fingerprint density at radius 1 is 1.43 bits per heavy atom. The van der Waals surface area contributed by atoms with Gasteiger partial charge >= 0.3 is 0 Å². The first-order valence-electron chi connectivity index (χ1n) is 7.91. The van der Waals surface area contributed by atoms with Crippen molar-refractivity contribution in [1.82, 2.24) is 4.90 Å². The summed E-state index contributed by atoms with van der Waals surface area (Å²) >= 11 is 0. The Morgan fingerprint density at radius 2 is 2.24 bits per heavy atom. The molecule has 4 nitrogen and oxygen atoms in total. The van der Waals surface area contributed by atoms with Gasteiger partial charge in [-0.15, -0.1) is 0 Å². The molecule has 1 fully saturated rings. The summed E-state index contributed by atoms with van der Waals surface area (Å²) in [5.41, 5.74) is 2.80. The van der Waals surface area contributed by atoms with Crippen LogP contribution in [0.3, 0.4) is 0 Å². The summed E-state index contributed by atoms with van der Waals surface area (Å²) in [6.45, 7) is 9.11. The van der Waals surface area contributed by atoms with Crippen molar-refractivity contribution >= 4 is 11.6 Å². The van der Waals surface area contributed by atoms with Gasteiger partial charge in [0.1, 0.15) is 0 Å². The number of hydrogen-bond acceptors (Lipinski definition) is 3. The molecule has 2 rings (SSSR count). The summed E-state index contributed by atoms with van der Waals surface area (Å²) in [6, 6.07) is 6.01. The summed E-state index contributed by atoms with van der Waals surface area (Å²) in [7, 11) is 0. The van der Waals surface area contributed by atoms with Crippen molar-refractivity contribution in [3.8, 4) is 0 Å². The fourth-order valence-electron chi connectivity index (χ4n) is 2.84. The van der Waals surface area contributed by atoms with Gasteiger partial charge in [-0.25, -0.2) is 0 Å². The molecule has 0 radical (unpaired) electrons. The molecule has 0 aromatic heterocycles. The van der Waals surface area contributed by atoms with E-state index in [1.165, 1.54) is 0 Å². The molecule has 1 amide bonds. The Hall–Kier alpha value is -1.55. The SMILES string of the molecule is CCNc1ccc(C)cc1C(=O)N1CCCC(OCC)C1. The molecule has 1 saturated heterocycles. The molecular formula is C17H26N2O2. The first-order valence-corrected chi connectivity index (χ1v) is 7.91. The number of nitrogens with zero attached hydrogens (tertiary/aromatic N) is 1. The average Bonchev–Trinajstić information content (AvgIpc) is 2.49. The van der Waals surface area contributed by atoms with Crippen molar-refractivity contribution in [1.29, 1.82) is 0 Å². The Kier molecular flexibility index (Phi) is 5.62. The number of piperidine rings is 1. The third-order valence-corrected chi connectivity index (χ3v) is 3.84. The van der Waals surface area contributed by atoms with Crippen LogP contribution >= 0.6 is 0 Å². The smallest absolute Gasteiger partial charge is 0.256 e. The number of rotatable bonds is 5. The van der Waals surface area contributed by atoms with Crippen LogP contribution in [-0.2, 0) is 4.74 Å². The van der Waals surface area contributed by atoms with Gasteiger partial charge in [-0.2, -0.15) is 0 Å². The van der Waals surface area contributed by atoms with Crippen molar-refractivity contribution in [2.75, 3.05) is 31.6 Å². The van der Waals surface area contributed by atoms with Crippen LogP contribution in [0.5, 0.6) is 0 Å². The number of amides is 1. The summed E-state index contributed by atoms with van der Waals surface area (Å²) in [4.78, 5) is 14.8. The maximum Gasteiger partial charge on any atom is 0.256 e. The van der Waals surface area contributed by atoms with Gasteiger partial charge in [-0.3, -0.25) is 4.79 Å². The lowest BCUT2D eigenvalue weighted by Gasteiger charge is -2.33. The molecule has 1 aliphatic rings. The third-order valence-electron chi connectivity index (χ3n) is 3.84. The number of aryl methyl sites for hydroxylation is 1. The third kappa shape index (κ3) is 3.97. The predicted octanol–water partition coefficient (Wildman–Crippen LogP) is 3.07. The van der Waals surface area contributed by atoms with Gasteiger partial charge in [-0.05, 0) is 45.7 Å². The van der Waals surface area contributed by atoms with Gasteiger partial charge in [0.15, 0.2) is 0 Å². The van der Waals surface area contributed by atoms with E-state index in [1.807, 2.05) is 43.9 Å². The molecule has 4 heteroatoms. The van der Waals surface area contributed by atoms with Crippen molar-refractivity contribution in [3.63, 3.8) is 0 Å². The summed E-state index contributed by atoms with van der Waals surface area (Å²) in [5, 5.41) is 3.28. The average molecular weight is 290 g/mol. The van der Waals surface area contributed by atoms with Gasteiger partial charge < -0.3 is 15.0 Å². The number of anilines is 1. The van der Waals surface area contributed by atoms with E-state index in [4.69, 9.17) is 4.74 Å². The number of carbonyl (C=O) groups excluding carboxylic acids is 1. The van der Waals surface area contributed by atoms with Crippen LogP contribution in [0.2, 0.25) is 0 Å². The van der Waals surface area contributed by atoms with Crippen LogP contribution < -0.4 is 5.32 Å². The molecule has 1 N–H and O–H groups in total. The molecule has 0 spiro atoms. The van der Waals surface area contributed by atoms with Gasteiger partial charge in [0.05, 0.1) is 11.7 Å². The lowest BCUT2D eigenvalue weighted by atomic mass is 10.0. The van der Waals surface area contributed by atoms with E-state index in [1.54, 1.807) is 0 Å². The monoisotopic (exact) mass is 290 g/mol. The fraction of sp³-hybridized carbons (Fsp3) is 0.588.